The summed E-state index contributed by atoms with van der Waals surface area (Å²) in [7, 11) is 0. The van der Waals surface area contributed by atoms with Crippen LogP contribution in [-0.4, -0.2) is 5.91 Å². The van der Waals surface area contributed by atoms with Crippen molar-refractivity contribution < 1.29 is 4.79 Å². The summed E-state index contributed by atoms with van der Waals surface area (Å²) in [5.41, 5.74) is 3.84. The molecule has 98 valence electrons. The molecule has 1 aromatic carbocycles. The van der Waals surface area contributed by atoms with Crippen LogP contribution in [0.25, 0.3) is 0 Å². The average Bonchev–Trinajstić information content (AvgIpc) is 3.03. The first-order valence-corrected chi connectivity index (χ1v) is 7.68. The SMILES string of the molecule is O=C(NCc1ccc2c(c1)CNC2)c1ccc(Br)s1. The maximum absolute atomic E-state index is 11.9. The Morgan fingerprint density at radius 1 is 1.26 bits per heavy atom. The Labute approximate surface area is 124 Å². The van der Waals surface area contributed by atoms with Gasteiger partial charge in [0.25, 0.3) is 5.91 Å². The number of rotatable bonds is 3. The number of thiophene rings is 1. The lowest BCUT2D eigenvalue weighted by atomic mass is 10.1. The van der Waals surface area contributed by atoms with Gasteiger partial charge in [0.05, 0.1) is 8.66 Å². The van der Waals surface area contributed by atoms with E-state index in [9.17, 15) is 4.79 Å². The minimum Gasteiger partial charge on any atom is -0.347 e. The number of hydrogen-bond donors (Lipinski definition) is 2. The molecule has 5 heteroatoms. The highest BCUT2D eigenvalue weighted by Crippen LogP contribution is 2.22. The molecule has 0 spiro atoms. The van der Waals surface area contributed by atoms with Crippen molar-refractivity contribution >= 4 is 33.2 Å². The molecule has 0 aliphatic carbocycles. The third-order valence-electron chi connectivity index (χ3n) is 3.15. The average molecular weight is 337 g/mol. The van der Waals surface area contributed by atoms with E-state index in [0.29, 0.717) is 6.54 Å². The molecule has 1 aliphatic rings. The van der Waals surface area contributed by atoms with Gasteiger partial charge in [0.2, 0.25) is 0 Å². The molecule has 0 fully saturated rings. The zero-order chi connectivity index (χ0) is 13.2. The van der Waals surface area contributed by atoms with E-state index >= 15 is 0 Å². The quantitative estimate of drug-likeness (QED) is 0.904. The molecule has 0 radical (unpaired) electrons. The number of nitrogens with one attached hydrogen (secondary N) is 2. The monoisotopic (exact) mass is 336 g/mol. The van der Waals surface area contributed by atoms with Gasteiger partial charge in [0, 0.05) is 19.6 Å². The van der Waals surface area contributed by atoms with Crippen LogP contribution in [0.4, 0.5) is 0 Å². The van der Waals surface area contributed by atoms with Gasteiger partial charge in [-0.1, -0.05) is 18.2 Å². The van der Waals surface area contributed by atoms with Crippen LogP contribution in [0, 0.1) is 0 Å². The third-order valence-corrected chi connectivity index (χ3v) is 4.77. The molecule has 1 aromatic heterocycles. The van der Waals surface area contributed by atoms with Crippen molar-refractivity contribution in [1.82, 2.24) is 10.6 Å². The summed E-state index contributed by atoms with van der Waals surface area (Å²) in [6, 6.07) is 10.1. The van der Waals surface area contributed by atoms with Crippen LogP contribution < -0.4 is 10.6 Å². The smallest absolute Gasteiger partial charge is 0.261 e. The van der Waals surface area contributed by atoms with E-state index in [1.807, 2.05) is 12.1 Å². The normalized spacial score (nSPS) is 13.3. The molecular formula is C14H13BrN2OS. The number of benzene rings is 1. The Bertz CT molecular complexity index is 624. The van der Waals surface area contributed by atoms with Gasteiger partial charge in [-0.25, -0.2) is 0 Å². The fraction of sp³-hybridized carbons (Fsp3) is 0.214. The topological polar surface area (TPSA) is 41.1 Å². The molecule has 0 bridgehead atoms. The molecule has 3 nitrogen and oxygen atoms in total. The van der Waals surface area contributed by atoms with E-state index in [2.05, 4.69) is 44.8 Å². The van der Waals surface area contributed by atoms with Gasteiger partial charge >= 0.3 is 0 Å². The highest BCUT2D eigenvalue weighted by atomic mass is 79.9. The van der Waals surface area contributed by atoms with E-state index in [0.717, 1.165) is 27.3 Å². The molecule has 1 amide bonds. The van der Waals surface area contributed by atoms with Gasteiger partial charge in [-0.15, -0.1) is 11.3 Å². The summed E-state index contributed by atoms with van der Waals surface area (Å²) >= 11 is 4.81. The zero-order valence-electron chi connectivity index (χ0n) is 10.2. The maximum atomic E-state index is 11.9. The lowest BCUT2D eigenvalue weighted by Gasteiger charge is -2.06. The highest BCUT2D eigenvalue weighted by molar-refractivity contribution is 9.11. The van der Waals surface area contributed by atoms with Gasteiger partial charge in [-0.05, 0) is 44.8 Å². The van der Waals surface area contributed by atoms with E-state index in [1.54, 1.807) is 0 Å². The minimum absolute atomic E-state index is 0.0191. The molecule has 3 rings (SSSR count). The molecule has 19 heavy (non-hydrogen) atoms. The van der Waals surface area contributed by atoms with Crippen molar-refractivity contribution in [2.75, 3.05) is 0 Å². The second-order valence-corrected chi connectivity index (χ2v) is 6.96. The lowest BCUT2D eigenvalue weighted by molar-refractivity contribution is 0.0955. The number of carbonyl (C=O) groups excluding carboxylic acids is 1. The molecule has 0 saturated carbocycles. The van der Waals surface area contributed by atoms with Gasteiger partial charge < -0.3 is 10.6 Å². The van der Waals surface area contributed by atoms with Gasteiger partial charge in [0.15, 0.2) is 0 Å². The van der Waals surface area contributed by atoms with Crippen LogP contribution in [0.1, 0.15) is 26.4 Å². The lowest BCUT2D eigenvalue weighted by Crippen LogP contribution is -2.21. The summed E-state index contributed by atoms with van der Waals surface area (Å²) in [6.07, 6.45) is 0. The van der Waals surface area contributed by atoms with Gasteiger partial charge in [0.1, 0.15) is 0 Å². The second kappa shape index (κ2) is 5.45. The number of halogens is 1. The first-order valence-electron chi connectivity index (χ1n) is 6.07. The van der Waals surface area contributed by atoms with Crippen LogP contribution in [0.3, 0.4) is 0 Å². The predicted octanol–water partition coefficient (Wildman–Crippen LogP) is 3.04. The zero-order valence-corrected chi connectivity index (χ0v) is 12.6. The Morgan fingerprint density at radius 2 is 2.11 bits per heavy atom. The van der Waals surface area contributed by atoms with Crippen molar-refractivity contribution in [3.8, 4) is 0 Å². The predicted molar refractivity (Wildman–Crippen MR) is 80.2 cm³/mol. The van der Waals surface area contributed by atoms with Crippen LogP contribution in [0.15, 0.2) is 34.1 Å². The Kier molecular flexibility index (Phi) is 3.68. The van der Waals surface area contributed by atoms with Crippen LogP contribution in [-0.2, 0) is 19.6 Å². The van der Waals surface area contributed by atoms with Crippen LogP contribution in [0.2, 0.25) is 0 Å². The maximum Gasteiger partial charge on any atom is 0.261 e. The molecule has 0 atom stereocenters. The molecule has 0 unspecified atom stereocenters. The number of amides is 1. The molecule has 1 aliphatic heterocycles. The Balaban J connectivity index is 1.64. The highest BCUT2D eigenvalue weighted by Gasteiger charge is 2.11. The first-order chi connectivity index (χ1) is 9.22. The fourth-order valence-electron chi connectivity index (χ4n) is 2.16. The summed E-state index contributed by atoms with van der Waals surface area (Å²) in [6.45, 7) is 2.45. The van der Waals surface area contributed by atoms with Gasteiger partial charge in [-0.2, -0.15) is 0 Å². The summed E-state index contributed by atoms with van der Waals surface area (Å²) in [4.78, 5) is 12.7. The van der Waals surface area contributed by atoms with Crippen molar-refractivity contribution in [2.45, 2.75) is 19.6 Å². The second-order valence-electron chi connectivity index (χ2n) is 4.49. The van der Waals surface area contributed by atoms with Crippen molar-refractivity contribution in [2.24, 2.45) is 0 Å². The number of hydrogen-bond acceptors (Lipinski definition) is 3. The Morgan fingerprint density at radius 3 is 2.89 bits per heavy atom. The van der Waals surface area contributed by atoms with Crippen molar-refractivity contribution in [3.05, 3.63) is 55.7 Å². The first kappa shape index (κ1) is 12.8. The van der Waals surface area contributed by atoms with E-state index < -0.39 is 0 Å². The number of fused-ring (bicyclic) bond motifs is 1. The minimum atomic E-state index is -0.0191. The molecule has 2 aromatic rings. The third kappa shape index (κ3) is 2.88. The fourth-order valence-corrected chi connectivity index (χ4v) is 3.47. The molecular weight excluding hydrogens is 324 g/mol. The van der Waals surface area contributed by atoms with E-state index in [-0.39, 0.29) is 5.91 Å². The molecule has 0 saturated heterocycles. The summed E-state index contributed by atoms with van der Waals surface area (Å²) in [5.74, 6) is -0.0191. The largest absolute Gasteiger partial charge is 0.347 e. The van der Waals surface area contributed by atoms with Crippen molar-refractivity contribution in [1.29, 1.82) is 0 Å². The summed E-state index contributed by atoms with van der Waals surface area (Å²) < 4.78 is 0.973. The van der Waals surface area contributed by atoms with Gasteiger partial charge in [-0.3, -0.25) is 4.79 Å². The van der Waals surface area contributed by atoms with Crippen LogP contribution >= 0.6 is 27.3 Å². The summed E-state index contributed by atoms with van der Waals surface area (Å²) in [5, 5.41) is 6.27. The standard InChI is InChI=1S/C14H13BrN2OS/c15-13-4-3-12(19-13)14(18)17-6-9-1-2-10-7-16-8-11(10)5-9/h1-5,16H,6-8H2,(H,17,18). The molecule has 2 heterocycles. The number of carbonyl (C=O) groups is 1. The van der Waals surface area contributed by atoms with E-state index in [4.69, 9.17) is 0 Å². The van der Waals surface area contributed by atoms with Crippen LogP contribution in [0.5, 0.6) is 0 Å². The molecule has 2 N–H and O–H groups in total. The Hall–Kier alpha value is -1.17. The van der Waals surface area contributed by atoms with E-state index in [1.165, 1.54) is 22.5 Å². The van der Waals surface area contributed by atoms with Crippen molar-refractivity contribution in [3.63, 3.8) is 0 Å².